The van der Waals surface area contributed by atoms with Crippen molar-refractivity contribution in [1.82, 2.24) is 14.7 Å². The topological polar surface area (TPSA) is 64.1 Å². The van der Waals surface area contributed by atoms with Crippen LogP contribution in [0.1, 0.15) is 25.7 Å². The molecule has 0 aromatic heterocycles. The molecule has 3 saturated heterocycles. The number of aliphatic hydroxyl groups is 1. The molecule has 6 heteroatoms. The first-order chi connectivity index (χ1) is 10.1. The second-order valence-electron chi connectivity index (χ2n) is 7.36. The van der Waals surface area contributed by atoms with E-state index in [-0.39, 0.29) is 12.5 Å². The fourth-order valence-electron chi connectivity index (χ4n) is 4.93. The normalized spacial score (nSPS) is 34.7. The number of fused-ring (bicyclic) bond motifs is 2. The van der Waals surface area contributed by atoms with E-state index in [1.807, 2.05) is 4.90 Å². The van der Waals surface area contributed by atoms with E-state index < -0.39 is 0 Å². The number of aliphatic hydroxyl groups excluding tert-OH is 1. The van der Waals surface area contributed by atoms with Crippen LogP contribution in [0, 0.1) is 5.41 Å². The van der Waals surface area contributed by atoms with Crippen LogP contribution in [0.3, 0.4) is 0 Å². The van der Waals surface area contributed by atoms with Crippen molar-refractivity contribution in [1.29, 1.82) is 0 Å². The minimum absolute atomic E-state index is 0.137. The molecule has 0 aromatic rings. The molecular formula is C15H23N3O3. The molecule has 0 unspecified atom stereocenters. The van der Waals surface area contributed by atoms with Crippen LogP contribution in [0.2, 0.25) is 0 Å². The fraction of sp³-hybridized carbons (Fsp3) is 0.867. The van der Waals surface area contributed by atoms with E-state index in [4.69, 9.17) is 5.11 Å². The summed E-state index contributed by atoms with van der Waals surface area (Å²) < 4.78 is 0. The van der Waals surface area contributed by atoms with Crippen molar-refractivity contribution in [3.63, 3.8) is 0 Å². The maximum absolute atomic E-state index is 11.4. The number of hydrogen-bond donors (Lipinski definition) is 1. The first kappa shape index (κ1) is 13.5. The molecule has 116 valence electrons. The maximum Gasteiger partial charge on any atom is 0.248 e. The molecule has 3 heterocycles. The fourth-order valence-corrected chi connectivity index (χ4v) is 4.93. The molecule has 2 bridgehead atoms. The van der Waals surface area contributed by atoms with E-state index in [1.165, 1.54) is 12.8 Å². The molecule has 4 fully saturated rings. The molecule has 2 atom stereocenters. The number of likely N-dealkylation sites (tertiary alicyclic amines) is 2. The Morgan fingerprint density at radius 1 is 1.14 bits per heavy atom. The SMILES string of the molecule is O=CN1[C@@H]2CC[C@H]1CN(C1CC3(C1)CN(C(=O)CO)C3)C2. The average Bonchev–Trinajstić information content (AvgIpc) is 2.64. The number of nitrogens with zero attached hydrogens (tertiary/aromatic N) is 3. The summed E-state index contributed by atoms with van der Waals surface area (Å²) in [7, 11) is 0. The second kappa shape index (κ2) is 4.68. The van der Waals surface area contributed by atoms with Gasteiger partial charge in [-0.1, -0.05) is 0 Å². The van der Waals surface area contributed by atoms with Gasteiger partial charge in [0.15, 0.2) is 0 Å². The average molecular weight is 293 g/mol. The number of piperazine rings is 1. The van der Waals surface area contributed by atoms with Crippen LogP contribution in [0.25, 0.3) is 0 Å². The number of hydrogen-bond acceptors (Lipinski definition) is 4. The van der Waals surface area contributed by atoms with E-state index in [1.54, 1.807) is 4.90 Å². The van der Waals surface area contributed by atoms with Gasteiger partial charge in [0.05, 0.1) is 0 Å². The van der Waals surface area contributed by atoms with E-state index in [2.05, 4.69) is 4.90 Å². The van der Waals surface area contributed by atoms with Crippen molar-refractivity contribution in [2.24, 2.45) is 5.41 Å². The van der Waals surface area contributed by atoms with Crippen molar-refractivity contribution < 1.29 is 14.7 Å². The van der Waals surface area contributed by atoms with E-state index >= 15 is 0 Å². The molecule has 2 amide bonds. The lowest BCUT2D eigenvalue weighted by atomic mass is 9.60. The summed E-state index contributed by atoms with van der Waals surface area (Å²) in [4.78, 5) is 28.9. The quantitative estimate of drug-likeness (QED) is 0.697. The van der Waals surface area contributed by atoms with E-state index in [0.717, 1.165) is 45.4 Å². The summed E-state index contributed by atoms with van der Waals surface area (Å²) in [6.45, 7) is 3.33. The molecule has 0 aromatic carbocycles. The van der Waals surface area contributed by atoms with Crippen LogP contribution in [-0.2, 0) is 9.59 Å². The lowest BCUT2D eigenvalue weighted by Gasteiger charge is -2.62. The van der Waals surface area contributed by atoms with Gasteiger partial charge in [0.25, 0.3) is 0 Å². The molecule has 4 aliphatic rings. The number of carbonyl (C=O) groups is 2. The minimum Gasteiger partial charge on any atom is -0.387 e. The predicted molar refractivity (Wildman–Crippen MR) is 75.4 cm³/mol. The number of carbonyl (C=O) groups excluding carboxylic acids is 2. The van der Waals surface area contributed by atoms with Gasteiger partial charge in [-0.3, -0.25) is 14.5 Å². The van der Waals surface area contributed by atoms with Crippen molar-refractivity contribution >= 4 is 12.3 Å². The standard InChI is InChI=1S/C15H23N3O3/c19-7-14(21)17-8-15(9-17)3-13(4-15)16-5-11-1-2-12(6-16)18(11)10-20/h10-13,19H,1-9H2/t11-,12+. The zero-order chi connectivity index (χ0) is 14.6. The summed E-state index contributed by atoms with van der Waals surface area (Å²) in [5.74, 6) is -0.137. The summed E-state index contributed by atoms with van der Waals surface area (Å²) in [5.41, 5.74) is 0.330. The van der Waals surface area contributed by atoms with Crippen LogP contribution in [0.15, 0.2) is 0 Å². The van der Waals surface area contributed by atoms with Crippen LogP contribution >= 0.6 is 0 Å². The Bertz CT molecular complexity index is 441. The summed E-state index contributed by atoms with van der Waals surface area (Å²) in [6.07, 6.45) is 5.67. The second-order valence-corrected chi connectivity index (χ2v) is 7.36. The lowest BCUT2D eigenvalue weighted by molar-refractivity contribution is -0.162. The van der Waals surface area contributed by atoms with Gasteiger partial charge in [-0.2, -0.15) is 0 Å². The molecule has 1 aliphatic carbocycles. The minimum atomic E-state index is -0.365. The zero-order valence-electron chi connectivity index (χ0n) is 12.3. The smallest absolute Gasteiger partial charge is 0.248 e. The van der Waals surface area contributed by atoms with Gasteiger partial charge in [0.2, 0.25) is 12.3 Å². The number of amides is 2. The molecule has 6 nitrogen and oxygen atoms in total. The highest BCUT2D eigenvalue weighted by atomic mass is 16.3. The van der Waals surface area contributed by atoms with Gasteiger partial charge < -0.3 is 14.9 Å². The molecule has 4 rings (SSSR count). The van der Waals surface area contributed by atoms with Gasteiger partial charge in [-0.15, -0.1) is 0 Å². The Morgan fingerprint density at radius 3 is 2.29 bits per heavy atom. The van der Waals surface area contributed by atoms with Crippen LogP contribution in [-0.4, -0.2) is 83.0 Å². The third kappa shape index (κ3) is 1.99. The van der Waals surface area contributed by atoms with Crippen molar-refractivity contribution in [3.8, 4) is 0 Å². The molecule has 0 radical (unpaired) electrons. The summed E-state index contributed by atoms with van der Waals surface area (Å²) in [6, 6.07) is 1.48. The van der Waals surface area contributed by atoms with Crippen LogP contribution < -0.4 is 0 Å². The van der Waals surface area contributed by atoms with Crippen LogP contribution in [0.5, 0.6) is 0 Å². The third-order valence-corrected chi connectivity index (χ3v) is 6.08. The zero-order valence-corrected chi connectivity index (χ0v) is 12.3. The third-order valence-electron chi connectivity index (χ3n) is 6.08. The Hall–Kier alpha value is -1.14. The Labute approximate surface area is 124 Å². The Balaban J connectivity index is 1.30. The van der Waals surface area contributed by atoms with Crippen LogP contribution in [0.4, 0.5) is 0 Å². The summed E-state index contributed by atoms with van der Waals surface area (Å²) >= 11 is 0. The molecule has 3 aliphatic heterocycles. The first-order valence-electron chi connectivity index (χ1n) is 7.99. The summed E-state index contributed by atoms with van der Waals surface area (Å²) in [5, 5.41) is 8.87. The number of rotatable bonds is 3. The molecule has 1 N–H and O–H groups in total. The van der Waals surface area contributed by atoms with Gasteiger partial charge in [0, 0.05) is 49.7 Å². The first-order valence-corrected chi connectivity index (χ1v) is 7.99. The Kier molecular flexibility index (Phi) is 3.01. The lowest BCUT2D eigenvalue weighted by Crippen LogP contribution is -2.69. The van der Waals surface area contributed by atoms with Crippen molar-refractivity contribution in [2.45, 2.75) is 43.8 Å². The van der Waals surface area contributed by atoms with Gasteiger partial charge in [-0.25, -0.2) is 0 Å². The molecule has 1 saturated carbocycles. The van der Waals surface area contributed by atoms with E-state index in [9.17, 15) is 9.59 Å². The highest BCUT2D eigenvalue weighted by Gasteiger charge is 2.56. The molecule has 1 spiro atoms. The Morgan fingerprint density at radius 2 is 1.76 bits per heavy atom. The maximum atomic E-state index is 11.4. The predicted octanol–water partition coefficient (Wildman–Crippen LogP) is -0.725. The molecule has 21 heavy (non-hydrogen) atoms. The van der Waals surface area contributed by atoms with Gasteiger partial charge >= 0.3 is 0 Å². The van der Waals surface area contributed by atoms with Crippen molar-refractivity contribution in [2.75, 3.05) is 32.8 Å². The highest BCUT2D eigenvalue weighted by molar-refractivity contribution is 5.78. The molecular weight excluding hydrogens is 270 g/mol. The van der Waals surface area contributed by atoms with Gasteiger partial charge in [0.1, 0.15) is 6.61 Å². The highest BCUT2D eigenvalue weighted by Crippen LogP contribution is 2.51. The van der Waals surface area contributed by atoms with E-state index in [0.29, 0.717) is 23.5 Å². The largest absolute Gasteiger partial charge is 0.387 e. The van der Waals surface area contributed by atoms with Crippen molar-refractivity contribution in [3.05, 3.63) is 0 Å². The monoisotopic (exact) mass is 293 g/mol. The van der Waals surface area contributed by atoms with Gasteiger partial charge in [-0.05, 0) is 25.7 Å².